The standard InChI is InChI=1S/C24H33N5O3/c1-18(30)25-20-6-4-19(5-7-20)21(31)29-11-3-8-23(29)16-27(17-23)22(32)24(9-10-24)28-14-12-26(2)13-15-28/h4-7H,3,8-17H2,1-2H3,(H,25,30). The molecule has 0 unspecified atom stereocenters. The van der Waals surface area contributed by atoms with Crippen molar-refractivity contribution in [3.05, 3.63) is 29.8 Å². The van der Waals surface area contributed by atoms with E-state index in [0.29, 0.717) is 24.3 Å². The van der Waals surface area contributed by atoms with E-state index in [-0.39, 0.29) is 28.8 Å². The predicted octanol–water partition coefficient (Wildman–Crippen LogP) is 1.24. The molecule has 1 aromatic carbocycles. The third kappa shape index (κ3) is 3.59. The summed E-state index contributed by atoms with van der Waals surface area (Å²) < 4.78 is 0. The third-order valence-electron chi connectivity index (χ3n) is 7.78. The third-order valence-corrected chi connectivity index (χ3v) is 7.78. The molecule has 1 saturated carbocycles. The molecule has 1 spiro atoms. The molecule has 0 aromatic heterocycles. The average molecular weight is 440 g/mol. The Labute approximate surface area is 189 Å². The minimum atomic E-state index is -0.282. The Kier molecular flexibility index (Phi) is 5.25. The van der Waals surface area contributed by atoms with Crippen LogP contribution in [0, 0.1) is 0 Å². The van der Waals surface area contributed by atoms with Crippen molar-refractivity contribution >= 4 is 23.4 Å². The smallest absolute Gasteiger partial charge is 0.254 e. The molecule has 0 radical (unpaired) electrons. The molecule has 0 atom stereocenters. The van der Waals surface area contributed by atoms with Crippen LogP contribution in [0.2, 0.25) is 0 Å². The maximum Gasteiger partial charge on any atom is 0.254 e. The summed E-state index contributed by atoms with van der Waals surface area (Å²) in [4.78, 5) is 46.6. The summed E-state index contributed by atoms with van der Waals surface area (Å²) in [6, 6.07) is 7.07. The molecular formula is C24H33N5O3. The van der Waals surface area contributed by atoms with Gasteiger partial charge in [0, 0.05) is 64.0 Å². The van der Waals surface area contributed by atoms with Gasteiger partial charge in [0.25, 0.3) is 5.91 Å². The van der Waals surface area contributed by atoms with Gasteiger partial charge in [0.2, 0.25) is 11.8 Å². The summed E-state index contributed by atoms with van der Waals surface area (Å²) in [5.74, 6) is 0.155. The fraction of sp³-hybridized carbons (Fsp3) is 0.625. The van der Waals surface area contributed by atoms with E-state index >= 15 is 0 Å². The van der Waals surface area contributed by atoms with Crippen molar-refractivity contribution in [2.24, 2.45) is 0 Å². The maximum atomic E-state index is 13.4. The van der Waals surface area contributed by atoms with Crippen LogP contribution in [-0.4, -0.2) is 101 Å². The summed E-state index contributed by atoms with van der Waals surface area (Å²) in [6.45, 7) is 7.45. The van der Waals surface area contributed by atoms with Crippen LogP contribution in [0.1, 0.15) is 43.0 Å². The lowest BCUT2D eigenvalue weighted by atomic mass is 9.85. The zero-order valence-corrected chi connectivity index (χ0v) is 19.1. The molecule has 3 amide bonds. The normalized spacial score (nSPS) is 24.3. The maximum absolute atomic E-state index is 13.4. The first-order valence-corrected chi connectivity index (χ1v) is 11.8. The summed E-state index contributed by atoms with van der Waals surface area (Å²) >= 11 is 0. The first-order valence-electron chi connectivity index (χ1n) is 11.8. The molecule has 8 nitrogen and oxygen atoms in total. The van der Waals surface area contributed by atoms with Crippen LogP contribution in [0.15, 0.2) is 24.3 Å². The Hall–Kier alpha value is -2.45. The fourth-order valence-electron chi connectivity index (χ4n) is 5.76. The highest BCUT2D eigenvalue weighted by atomic mass is 16.2. The Bertz CT molecular complexity index is 912. The monoisotopic (exact) mass is 439 g/mol. The van der Waals surface area contributed by atoms with Gasteiger partial charge < -0.3 is 20.0 Å². The van der Waals surface area contributed by atoms with E-state index in [1.54, 1.807) is 24.3 Å². The Morgan fingerprint density at radius 3 is 2.16 bits per heavy atom. The summed E-state index contributed by atoms with van der Waals surface area (Å²) in [5, 5.41) is 2.73. The Balaban J connectivity index is 1.23. The number of carbonyl (C=O) groups is 3. The van der Waals surface area contributed by atoms with Crippen molar-refractivity contribution in [2.45, 2.75) is 43.7 Å². The van der Waals surface area contributed by atoms with E-state index in [1.165, 1.54) is 6.92 Å². The minimum absolute atomic E-state index is 0.0178. The van der Waals surface area contributed by atoms with Crippen molar-refractivity contribution in [1.82, 2.24) is 19.6 Å². The van der Waals surface area contributed by atoms with Gasteiger partial charge in [-0.05, 0) is 57.0 Å². The van der Waals surface area contributed by atoms with Gasteiger partial charge in [-0.15, -0.1) is 0 Å². The van der Waals surface area contributed by atoms with Gasteiger partial charge in [0.15, 0.2) is 0 Å². The molecule has 4 fully saturated rings. The van der Waals surface area contributed by atoms with Crippen LogP contribution in [0.5, 0.6) is 0 Å². The number of benzene rings is 1. The molecule has 5 rings (SSSR count). The number of anilines is 1. The average Bonchev–Trinajstić information content (AvgIpc) is 3.43. The van der Waals surface area contributed by atoms with Crippen molar-refractivity contribution in [2.75, 3.05) is 58.2 Å². The number of hydrogen-bond acceptors (Lipinski definition) is 5. The van der Waals surface area contributed by atoms with E-state index in [9.17, 15) is 14.4 Å². The number of piperazine rings is 1. The molecule has 0 bridgehead atoms. The van der Waals surface area contributed by atoms with Gasteiger partial charge in [-0.3, -0.25) is 19.3 Å². The van der Waals surface area contributed by atoms with Crippen molar-refractivity contribution in [3.63, 3.8) is 0 Å². The number of carbonyl (C=O) groups excluding carboxylic acids is 3. The van der Waals surface area contributed by atoms with Crippen molar-refractivity contribution < 1.29 is 14.4 Å². The molecule has 1 aliphatic carbocycles. The predicted molar refractivity (Wildman–Crippen MR) is 121 cm³/mol. The van der Waals surface area contributed by atoms with Gasteiger partial charge in [-0.1, -0.05) is 0 Å². The van der Waals surface area contributed by atoms with Crippen LogP contribution in [0.3, 0.4) is 0 Å². The van der Waals surface area contributed by atoms with E-state index in [4.69, 9.17) is 0 Å². The molecular weight excluding hydrogens is 406 g/mol. The molecule has 3 saturated heterocycles. The zero-order valence-electron chi connectivity index (χ0n) is 19.1. The van der Waals surface area contributed by atoms with Gasteiger partial charge in [-0.2, -0.15) is 0 Å². The fourth-order valence-corrected chi connectivity index (χ4v) is 5.76. The van der Waals surface area contributed by atoms with Crippen molar-refractivity contribution in [1.29, 1.82) is 0 Å². The van der Waals surface area contributed by atoms with Gasteiger partial charge >= 0.3 is 0 Å². The number of amides is 3. The van der Waals surface area contributed by atoms with E-state index in [0.717, 1.165) is 58.4 Å². The number of nitrogens with one attached hydrogen (secondary N) is 1. The molecule has 1 N–H and O–H groups in total. The molecule has 32 heavy (non-hydrogen) atoms. The molecule has 172 valence electrons. The highest BCUT2D eigenvalue weighted by molar-refractivity contribution is 5.97. The second-order valence-corrected chi connectivity index (χ2v) is 10.0. The number of likely N-dealkylation sites (tertiary alicyclic amines) is 2. The first-order chi connectivity index (χ1) is 15.3. The van der Waals surface area contributed by atoms with Crippen LogP contribution in [-0.2, 0) is 9.59 Å². The van der Waals surface area contributed by atoms with Gasteiger partial charge in [-0.25, -0.2) is 0 Å². The molecule has 3 aliphatic heterocycles. The molecule has 3 heterocycles. The highest BCUT2D eigenvalue weighted by Gasteiger charge is 2.61. The van der Waals surface area contributed by atoms with Crippen LogP contribution in [0.25, 0.3) is 0 Å². The van der Waals surface area contributed by atoms with Crippen LogP contribution < -0.4 is 5.32 Å². The number of rotatable bonds is 4. The second-order valence-electron chi connectivity index (χ2n) is 10.0. The summed E-state index contributed by atoms with van der Waals surface area (Å²) in [7, 11) is 2.14. The molecule has 8 heteroatoms. The minimum Gasteiger partial charge on any atom is -0.336 e. The molecule has 1 aromatic rings. The SMILES string of the molecule is CC(=O)Nc1ccc(C(=O)N2CCCC23CN(C(=O)C2(N4CCN(C)CC4)CC2)C3)cc1. The van der Waals surface area contributed by atoms with E-state index in [1.807, 2.05) is 9.80 Å². The van der Waals surface area contributed by atoms with Crippen LogP contribution in [0.4, 0.5) is 5.69 Å². The summed E-state index contributed by atoms with van der Waals surface area (Å²) in [5.41, 5.74) is 0.808. The molecule has 4 aliphatic rings. The number of likely N-dealkylation sites (N-methyl/N-ethyl adjacent to an activating group) is 1. The second kappa shape index (κ2) is 7.85. The van der Waals surface area contributed by atoms with Gasteiger partial charge in [0.05, 0.1) is 5.54 Å². The highest BCUT2D eigenvalue weighted by Crippen LogP contribution is 2.47. The Morgan fingerprint density at radius 1 is 0.906 bits per heavy atom. The number of nitrogens with zero attached hydrogens (tertiary/aromatic N) is 4. The van der Waals surface area contributed by atoms with E-state index in [2.05, 4.69) is 22.2 Å². The lowest BCUT2D eigenvalue weighted by molar-refractivity contribution is -0.151. The van der Waals surface area contributed by atoms with E-state index < -0.39 is 0 Å². The first kappa shape index (κ1) is 21.4. The van der Waals surface area contributed by atoms with Gasteiger partial charge in [0.1, 0.15) is 5.54 Å². The number of hydrogen-bond donors (Lipinski definition) is 1. The lowest BCUT2D eigenvalue weighted by Crippen LogP contribution is -2.72. The zero-order chi connectivity index (χ0) is 22.5. The largest absolute Gasteiger partial charge is 0.336 e. The van der Waals surface area contributed by atoms with Crippen LogP contribution >= 0.6 is 0 Å². The van der Waals surface area contributed by atoms with Crippen molar-refractivity contribution in [3.8, 4) is 0 Å². The summed E-state index contributed by atoms with van der Waals surface area (Å²) in [6.07, 6.45) is 3.85. The Morgan fingerprint density at radius 2 is 1.56 bits per heavy atom. The topological polar surface area (TPSA) is 76.2 Å². The lowest BCUT2D eigenvalue weighted by Gasteiger charge is -2.54. The quantitative estimate of drug-likeness (QED) is 0.764.